The first-order chi connectivity index (χ1) is 9.83. The van der Waals surface area contributed by atoms with Crippen LogP contribution in [0, 0.1) is 0 Å². The number of nitrogens with zero attached hydrogens (tertiary/aromatic N) is 6. The molecule has 0 atom stereocenters. The third-order valence-electron chi connectivity index (χ3n) is 3.48. The molecule has 4 rings (SSSR count). The highest BCUT2D eigenvalue weighted by atomic mass is 79.9. The molecule has 0 saturated carbocycles. The van der Waals surface area contributed by atoms with E-state index in [1.54, 1.807) is 4.52 Å². The quantitative estimate of drug-likeness (QED) is 0.711. The number of aromatic nitrogens is 5. The van der Waals surface area contributed by atoms with Gasteiger partial charge < -0.3 is 10.2 Å². The molecule has 3 aromatic rings. The Morgan fingerprint density at radius 1 is 1.20 bits per heavy atom. The Morgan fingerprint density at radius 3 is 2.90 bits per heavy atom. The van der Waals surface area contributed by atoms with E-state index < -0.39 is 0 Å². The zero-order valence-electron chi connectivity index (χ0n) is 10.6. The Kier molecular flexibility index (Phi) is 2.78. The first-order valence-electron chi connectivity index (χ1n) is 6.46. The molecule has 8 heteroatoms. The summed E-state index contributed by atoms with van der Waals surface area (Å²) < 4.78 is 2.71. The van der Waals surface area contributed by atoms with E-state index in [0.717, 1.165) is 53.2 Å². The van der Waals surface area contributed by atoms with Crippen molar-refractivity contribution in [3.63, 3.8) is 0 Å². The van der Waals surface area contributed by atoms with E-state index in [9.17, 15) is 0 Å². The largest absolute Gasteiger partial charge is 0.338 e. The van der Waals surface area contributed by atoms with E-state index in [2.05, 4.69) is 41.7 Å². The zero-order chi connectivity index (χ0) is 13.5. The van der Waals surface area contributed by atoms with Gasteiger partial charge >= 0.3 is 0 Å². The maximum atomic E-state index is 4.74. The Morgan fingerprint density at radius 2 is 2.05 bits per heavy atom. The van der Waals surface area contributed by atoms with Crippen LogP contribution in [0.5, 0.6) is 0 Å². The molecule has 1 aliphatic heterocycles. The van der Waals surface area contributed by atoms with Gasteiger partial charge in [-0.05, 0) is 28.6 Å². The van der Waals surface area contributed by atoms with Crippen molar-refractivity contribution in [1.29, 1.82) is 0 Å². The van der Waals surface area contributed by atoms with Gasteiger partial charge in [0.25, 0.3) is 0 Å². The van der Waals surface area contributed by atoms with E-state index in [1.165, 1.54) is 0 Å². The summed E-state index contributed by atoms with van der Waals surface area (Å²) >= 11 is 3.48. The molecular weight excluding hydrogens is 322 g/mol. The second-order valence-corrected chi connectivity index (χ2v) is 5.64. The smallest absolute Gasteiger partial charge is 0.230 e. The van der Waals surface area contributed by atoms with E-state index in [4.69, 9.17) is 4.98 Å². The monoisotopic (exact) mass is 333 g/mol. The molecule has 0 amide bonds. The van der Waals surface area contributed by atoms with Gasteiger partial charge in [0.15, 0.2) is 5.65 Å². The highest BCUT2D eigenvalue weighted by Gasteiger charge is 2.18. The van der Waals surface area contributed by atoms with Crippen molar-refractivity contribution in [2.45, 2.75) is 0 Å². The van der Waals surface area contributed by atoms with Gasteiger partial charge in [-0.1, -0.05) is 15.9 Å². The molecule has 20 heavy (non-hydrogen) atoms. The molecule has 102 valence electrons. The van der Waals surface area contributed by atoms with Crippen LogP contribution in [0.15, 0.2) is 22.7 Å². The molecule has 1 aromatic carbocycles. The summed E-state index contributed by atoms with van der Waals surface area (Å²) in [5.41, 5.74) is 1.65. The number of hydrogen-bond donors (Lipinski definition) is 1. The lowest BCUT2D eigenvalue weighted by Gasteiger charge is -2.28. The average molecular weight is 334 g/mol. The maximum Gasteiger partial charge on any atom is 0.230 e. The van der Waals surface area contributed by atoms with Crippen LogP contribution in [-0.2, 0) is 0 Å². The highest BCUT2D eigenvalue weighted by Crippen LogP contribution is 2.24. The van der Waals surface area contributed by atoms with Crippen molar-refractivity contribution in [3.8, 4) is 0 Å². The van der Waals surface area contributed by atoms with Gasteiger partial charge in [0, 0.05) is 36.0 Å². The molecule has 1 aliphatic rings. The SMILES string of the molecule is Brc1ccc2nc(N3CCNCC3)n3nnnc3c2c1. The van der Waals surface area contributed by atoms with Gasteiger partial charge in [0.2, 0.25) is 5.95 Å². The standard InChI is InChI=1S/C12H12BrN7/c13-8-1-2-10-9(7-8)11-16-17-18-20(11)12(15-10)19-5-3-14-4-6-19/h1-2,7,14H,3-6H2. The van der Waals surface area contributed by atoms with Crippen molar-refractivity contribution >= 4 is 38.4 Å². The summed E-state index contributed by atoms with van der Waals surface area (Å²) in [5.74, 6) is 0.807. The normalized spacial score (nSPS) is 16.1. The summed E-state index contributed by atoms with van der Waals surface area (Å²) in [6, 6.07) is 5.96. The van der Waals surface area contributed by atoms with Crippen LogP contribution in [0.3, 0.4) is 0 Å². The second kappa shape index (κ2) is 4.64. The number of hydrogen-bond acceptors (Lipinski definition) is 6. The third kappa shape index (κ3) is 1.83. The summed E-state index contributed by atoms with van der Waals surface area (Å²) in [6.07, 6.45) is 0. The summed E-state index contributed by atoms with van der Waals surface area (Å²) in [5, 5.41) is 16.3. The molecule has 1 saturated heterocycles. The van der Waals surface area contributed by atoms with Crippen LogP contribution in [0.1, 0.15) is 0 Å². The molecular formula is C12H12BrN7. The minimum atomic E-state index is 0.741. The van der Waals surface area contributed by atoms with Crippen molar-refractivity contribution in [3.05, 3.63) is 22.7 Å². The van der Waals surface area contributed by atoms with Crippen molar-refractivity contribution < 1.29 is 0 Å². The number of fused-ring (bicyclic) bond motifs is 3. The molecule has 3 heterocycles. The lowest BCUT2D eigenvalue weighted by Crippen LogP contribution is -2.44. The molecule has 0 bridgehead atoms. The topological polar surface area (TPSA) is 71.2 Å². The number of tetrazole rings is 1. The average Bonchev–Trinajstić information content (AvgIpc) is 2.97. The van der Waals surface area contributed by atoms with Crippen LogP contribution in [0.25, 0.3) is 16.6 Å². The van der Waals surface area contributed by atoms with Crippen LogP contribution in [-0.4, -0.2) is 51.2 Å². The summed E-state index contributed by atoms with van der Waals surface area (Å²) in [7, 11) is 0. The van der Waals surface area contributed by atoms with Crippen molar-refractivity contribution in [1.82, 2.24) is 30.3 Å². The number of anilines is 1. The number of nitrogens with one attached hydrogen (secondary N) is 1. The van der Waals surface area contributed by atoms with Gasteiger partial charge in [-0.15, -0.1) is 5.10 Å². The van der Waals surface area contributed by atoms with Crippen LogP contribution < -0.4 is 10.2 Å². The lowest BCUT2D eigenvalue weighted by atomic mass is 10.2. The van der Waals surface area contributed by atoms with Crippen LogP contribution in [0.4, 0.5) is 5.95 Å². The number of piperazine rings is 1. The maximum absolute atomic E-state index is 4.74. The van der Waals surface area contributed by atoms with Crippen molar-refractivity contribution in [2.24, 2.45) is 0 Å². The van der Waals surface area contributed by atoms with Gasteiger partial charge in [-0.25, -0.2) is 4.98 Å². The highest BCUT2D eigenvalue weighted by molar-refractivity contribution is 9.10. The van der Waals surface area contributed by atoms with E-state index in [1.807, 2.05) is 18.2 Å². The second-order valence-electron chi connectivity index (χ2n) is 4.72. The Balaban J connectivity index is 1.99. The fraction of sp³-hybridized carbons (Fsp3) is 0.333. The summed E-state index contributed by atoms with van der Waals surface area (Å²) in [4.78, 5) is 6.95. The number of rotatable bonds is 1. The molecule has 1 fully saturated rings. The number of halogens is 1. The molecule has 0 spiro atoms. The van der Waals surface area contributed by atoms with Crippen molar-refractivity contribution in [2.75, 3.05) is 31.1 Å². The van der Waals surface area contributed by atoms with E-state index in [-0.39, 0.29) is 0 Å². The van der Waals surface area contributed by atoms with E-state index in [0.29, 0.717) is 0 Å². The molecule has 7 nitrogen and oxygen atoms in total. The van der Waals surface area contributed by atoms with Gasteiger partial charge in [-0.3, -0.25) is 0 Å². The fourth-order valence-corrected chi connectivity index (χ4v) is 2.86. The van der Waals surface area contributed by atoms with Crippen LogP contribution in [0.2, 0.25) is 0 Å². The van der Waals surface area contributed by atoms with Gasteiger partial charge in [0.1, 0.15) is 0 Å². The Bertz CT molecular complexity index is 778. The molecule has 2 aromatic heterocycles. The third-order valence-corrected chi connectivity index (χ3v) is 3.97. The van der Waals surface area contributed by atoms with E-state index >= 15 is 0 Å². The zero-order valence-corrected chi connectivity index (χ0v) is 12.2. The predicted octanol–water partition coefficient (Wildman–Crippen LogP) is 0.845. The summed E-state index contributed by atoms with van der Waals surface area (Å²) in [6.45, 7) is 3.71. The lowest BCUT2D eigenvalue weighted by molar-refractivity contribution is 0.573. The predicted molar refractivity (Wildman–Crippen MR) is 78.9 cm³/mol. The number of benzene rings is 1. The molecule has 0 unspecified atom stereocenters. The first kappa shape index (κ1) is 12.0. The Hall–Kier alpha value is -1.80. The Labute approximate surface area is 123 Å². The first-order valence-corrected chi connectivity index (χ1v) is 7.25. The minimum Gasteiger partial charge on any atom is -0.338 e. The molecule has 0 radical (unpaired) electrons. The van der Waals surface area contributed by atoms with Gasteiger partial charge in [0.05, 0.1) is 5.52 Å². The molecule has 1 N–H and O–H groups in total. The minimum absolute atomic E-state index is 0.741. The molecule has 0 aliphatic carbocycles. The fourth-order valence-electron chi connectivity index (χ4n) is 2.50. The van der Waals surface area contributed by atoms with Gasteiger partial charge in [-0.2, -0.15) is 4.52 Å². The van der Waals surface area contributed by atoms with Crippen LogP contribution >= 0.6 is 15.9 Å².